The van der Waals surface area contributed by atoms with E-state index in [0.29, 0.717) is 33.8 Å². The lowest BCUT2D eigenvalue weighted by Crippen LogP contribution is -2.32. The summed E-state index contributed by atoms with van der Waals surface area (Å²) in [6.07, 6.45) is 0. The maximum absolute atomic E-state index is 11.7. The second-order valence-electron chi connectivity index (χ2n) is 7.87. The Bertz CT molecular complexity index is 1410. The SMILES string of the molecule is CC(=O)Oc1ccc2c(c1)Oc1cc(OC(C)=O)ccc1C21OCc2cc(S(=O)(=O)O)ccc21. The van der Waals surface area contributed by atoms with Crippen LogP contribution < -0.4 is 14.2 Å². The number of ether oxygens (including phenoxy) is 4. The summed E-state index contributed by atoms with van der Waals surface area (Å²) in [7, 11) is -4.40. The summed E-state index contributed by atoms with van der Waals surface area (Å²) < 4.78 is 55.6. The largest absolute Gasteiger partial charge is 0.456 e. The molecule has 10 heteroatoms. The Balaban J connectivity index is 1.74. The molecule has 0 radical (unpaired) electrons. The van der Waals surface area contributed by atoms with E-state index in [1.807, 2.05) is 0 Å². The first-order valence-corrected chi connectivity index (χ1v) is 11.6. The Labute approximate surface area is 194 Å². The molecule has 0 bridgehead atoms. The molecule has 1 N–H and O–H groups in total. The summed E-state index contributed by atoms with van der Waals surface area (Å²) in [4.78, 5) is 22.7. The van der Waals surface area contributed by atoms with Crippen molar-refractivity contribution in [3.8, 4) is 23.0 Å². The number of esters is 2. The molecule has 9 nitrogen and oxygen atoms in total. The van der Waals surface area contributed by atoms with Gasteiger partial charge in [-0.1, -0.05) is 6.07 Å². The van der Waals surface area contributed by atoms with Crippen LogP contribution in [0.5, 0.6) is 23.0 Å². The van der Waals surface area contributed by atoms with Crippen molar-refractivity contribution in [3.05, 3.63) is 76.9 Å². The molecule has 2 aliphatic rings. The predicted molar refractivity (Wildman–Crippen MR) is 117 cm³/mol. The lowest BCUT2D eigenvalue weighted by molar-refractivity contribution is -0.132. The van der Waals surface area contributed by atoms with E-state index in [9.17, 15) is 22.6 Å². The van der Waals surface area contributed by atoms with E-state index in [1.54, 1.807) is 42.5 Å². The molecule has 0 atom stereocenters. The normalized spacial score (nSPS) is 15.0. The van der Waals surface area contributed by atoms with Crippen LogP contribution in [0.3, 0.4) is 0 Å². The van der Waals surface area contributed by atoms with Crippen molar-refractivity contribution in [2.24, 2.45) is 0 Å². The third kappa shape index (κ3) is 3.52. The highest BCUT2D eigenvalue weighted by Gasteiger charge is 2.50. The molecular weight excluding hydrogens is 464 g/mol. The van der Waals surface area contributed by atoms with Gasteiger partial charge in [0.25, 0.3) is 10.1 Å². The van der Waals surface area contributed by atoms with Gasteiger partial charge in [-0.2, -0.15) is 8.42 Å². The third-order valence-corrected chi connectivity index (χ3v) is 6.46. The first-order chi connectivity index (χ1) is 16.1. The molecule has 2 aliphatic heterocycles. The second kappa shape index (κ2) is 7.66. The first-order valence-electron chi connectivity index (χ1n) is 10.2. The zero-order valence-electron chi connectivity index (χ0n) is 18.0. The average molecular weight is 482 g/mol. The average Bonchev–Trinajstić information content (AvgIpc) is 3.11. The molecule has 0 unspecified atom stereocenters. The monoisotopic (exact) mass is 482 g/mol. The van der Waals surface area contributed by atoms with Gasteiger partial charge in [0.05, 0.1) is 11.5 Å². The minimum absolute atomic E-state index is 0.0645. The second-order valence-corrected chi connectivity index (χ2v) is 9.29. The standard InChI is InChI=1S/C24H18O9S/c1-13(25)31-16-3-6-20-22(10-16)33-23-11-17(32-14(2)26)4-7-21(23)24(20)19-8-5-18(34(27,28)29)9-15(19)12-30-24/h3-11H,12H2,1-2H3,(H,27,28,29). The highest BCUT2D eigenvalue weighted by atomic mass is 32.2. The van der Waals surface area contributed by atoms with Crippen LogP contribution in [0.4, 0.5) is 0 Å². The number of fused-ring (bicyclic) bond motifs is 6. The van der Waals surface area contributed by atoms with E-state index in [4.69, 9.17) is 18.9 Å². The number of carbonyl (C=O) groups is 2. The molecule has 0 fully saturated rings. The number of hydrogen-bond donors (Lipinski definition) is 1. The first kappa shape index (κ1) is 22.1. The molecule has 174 valence electrons. The van der Waals surface area contributed by atoms with Crippen molar-refractivity contribution < 1.29 is 41.5 Å². The van der Waals surface area contributed by atoms with E-state index in [1.165, 1.54) is 26.0 Å². The molecule has 1 spiro atoms. The van der Waals surface area contributed by atoms with Crippen molar-refractivity contribution in [2.75, 3.05) is 0 Å². The molecule has 3 aromatic carbocycles. The van der Waals surface area contributed by atoms with Gasteiger partial charge in [-0.3, -0.25) is 14.1 Å². The fraction of sp³-hybridized carbons (Fsp3) is 0.167. The summed E-state index contributed by atoms with van der Waals surface area (Å²) in [5.41, 5.74) is 1.26. The Morgan fingerprint density at radius 3 is 1.88 bits per heavy atom. The van der Waals surface area contributed by atoms with E-state index in [0.717, 1.165) is 0 Å². The molecule has 2 heterocycles. The summed E-state index contributed by atoms with van der Waals surface area (Å²) in [5, 5.41) is 0. The quantitative estimate of drug-likeness (QED) is 0.338. The maximum atomic E-state index is 11.7. The highest BCUT2D eigenvalue weighted by molar-refractivity contribution is 7.85. The summed E-state index contributed by atoms with van der Waals surface area (Å²) in [5.74, 6) is 0.226. The van der Waals surface area contributed by atoms with Crippen LogP contribution in [-0.2, 0) is 36.7 Å². The summed E-state index contributed by atoms with van der Waals surface area (Å²) >= 11 is 0. The summed E-state index contributed by atoms with van der Waals surface area (Å²) in [6.45, 7) is 2.63. The zero-order chi connectivity index (χ0) is 24.3. The smallest absolute Gasteiger partial charge is 0.308 e. The van der Waals surface area contributed by atoms with E-state index >= 15 is 0 Å². The van der Waals surface area contributed by atoms with Crippen molar-refractivity contribution >= 4 is 22.1 Å². The molecule has 0 amide bonds. The van der Waals surface area contributed by atoms with Crippen molar-refractivity contribution in [2.45, 2.75) is 31.0 Å². The van der Waals surface area contributed by atoms with Crippen LogP contribution >= 0.6 is 0 Å². The van der Waals surface area contributed by atoms with Crippen molar-refractivity contribution in [1.82, 2.24) is 0 Å². The van der Waals surface area contributed by atoms with Gasteiger partial charge >= 0.3 is 11.9 Å². The molecule has 34 heavy (non-hydrogen) atoms. The van der Waals surface area contributed by atoms with Gasteiger partial charge in [-0.25, -0.2) is 0 Å². The molecule has 0 saturated heterocycles. The molecule has 0 saturated carbocycles. The lowest BCUT2D eigenvalue weighted by Gasteiger charge is -2.37. The third-order valence-electron chi connectivity index (χ3n) is 5.61. The van der Waals surface area contributed by atoms with Gasteiger partial charge in [-0.05, 0) is 47.5 Å². The Morgan fingerprint density at radius 2 is 1.38 bits per heavy atom. The minimum atomic E-state index is -4.40. The van der Waals surface area contributed by atoms with Crippen molar-refractivity contribution in [1.29, 1.82) is 0 Å². The van der Waals surface area contributed by atoms with Crippen LogP contribution in [0.2, 0.25) is 0 Å². The number of rotatable bonds is 3. The van der Waals surface area contributed by atoms with Crippen LogP contribution in [0.15, 0.2) is 59.5 Å². The van der Waals surface area contributed by atoms with E-state index < -0.39 is 27.7 Å². The fourth-order valence-corrected chi connectivity index (χ4v) is 4.91. The van der Waals surface area contributed by atoms with Crippen molar-refractivity contribution in [3.63, 3.8) is 0 Å². The Hall–Kier alpha value is -3.73. The number of carbonyl (C=O) groups excluding carboxylic acids is 2. The van der Waals surface area contributed by atoms with Gasteiger partial charge < -0.3 is 18.9 Å². The van der Waals surface area contributed by atoms with Crippen LogP contribution in [0.25, 0.3) is 0 Å². The number of hydrogen-bond acceptors (Lipinski definition) is 8. The van der Waals surface area contributed by atoms with Gasteiger partial charge in [0, 0.05) is 37.1 Å². The molecule has 3 aromatic rings. The fourth-order valence-electron chi connectivity index (χ4n) is 4.38. The maximum Gasteiger partial charge on any atom is 0.308 e. The molecule has 0 aliphatic carbocycles. The summed E-state index contributed by atoms with van der Waals surface area (Å²) in [6, 6.07) is 14.0. The van der Waals surface area contributed by atoms with E-state index in [-0.39, 0.29) is 23.0 Å². The molecular formula is C24H18O9S. The van der Waals surface area contributed by atoms with Crippen LogP contribution in [0, 0.1) is 0 Å². The zero-order valence-corrected chi connectivity index (χ0v) is 18.8. The topological polar surface area (TPSA) is 125 Å². The van der Waals surface area contributed by atoms with Gasteiger partial charge in [0.2, 0.25) is 0 Å². The highest BCUT2D eigenvalue weighted by Crippen LogP contribution is 2.57. The van der Waals surface area contributed by atoms with E-state index in [2.05, 4.69) is 0 Å². The van der Waals surface area contributed by atoms with Gasteiger partial charge in [0.1, 0.15) is 23.0 Å². The van der Waals surface area contributed by atoms with Gasteiger partial charge in [-0.15, -0.1) is 0 Å². The number of benzene rings is 3. The Morgan fingerprint density at radius 1 is 0.853 bits per heavy atom. The molecule has 0 aromatic heterocycles. The predicted octanol–water partition coefficient (Wildman–Crippen LogP) is 3.71. The minimum Gasteiger partial charge on any atom is -0.456 e. The Kier molecular flexibility index (Phi) is 4.97. The lowest BCUT2D eigenvalue weighted by atomic mass is 9.77. The van der Waals surface area contributed by atoms with Gasteiger partial charge in [0.15, 0.2) is 5.60 Å². The van der Waals surface area contributed by atoms with Crippen LogP contribution in [0.1, 0.15) is 36.1 Å². The molecule has 5 rings (SSSR count). The van der Waals surface area contributed by atoms with Crippen LogP contribution in [-0.4, -0.2) is 24.9 Å².